The molecular weight excluding hydrogens is 268 g/mol. The van der Waals surface area contributed by atoms with Crippen LogP contribution in [0.15, 0.2) is 0 Å². The number of likely N-dealkylation sites (N-methyl/N-ethyl adjacent to an activating group) is 1. The molecule has 0 aliphatic carbocycles. The number of nitrogens with one attached hydrogen (secondary N) is 1. The first-order valence-corrected chi connectivity index (χ1v) is 8.28. The lowest BCUT2D eigenvalue weighted by Crippen LogP contribution is -2.50. The van der Waals surface area contributed by atoms with Gasteiger partial charge in [0.05, 0.1) is 19.3 Å². The molecule has 2 aliphatic rings. The predicted molar refractivity (Wildman–Crippen MR) is 82.3 cm³/mol. The molecule has 0 amide bonds. The first kappa shape index (κ1) is 16.7. The van der Waals surface area contributed by atoms with E-state index in [2.05, 4.69) is 10.2 Å². The molecule has 3 atom stereocenters. The molecule has 5 heteroatoms. The summed E-state index contributed by atoms with van der Waals surface area (Å²) in [4.78, 5) is 14.4. The molecule has 122 valence electrons. The van der Waals surface area contributed by atoms with Crippen LogP contribution in [0.5, 0.6) is 0 Å². The minimum atomic E-state index is -0.548. The van der Waals surface area contributed by atoms with Gasteiger partial charge in [-0.3, -0.25) is 9.69 Å². The van der Waals surface area contributed by atoms with E-state index in [0.717, 1.165) is 45.4 Å². The van der Waals surface area contributed by atoms with Crippen LogP contribution in [-0.4, -0.2) is 61.9 Å². The van der Waals surface area contributed by atoms with E-state index >= 15 is 0 Å². The summed E-state index contributed by atoms with van der Waals surface area (Å²) in [5.74, 6) is -0.159. The molecule has 21 heavy (non-hydrogen) atoms. The minimum Gasteiger partial charge on any atom is -0.468 e. The molecule has 3 unspecified atom stereocenters. The van der Waals surface area contributed by atoms with Gasteiger partial charge in [-0.15, -0.1) is 0 Å². The van der Waals surface area contributed by atoms with Crippen molar-refractivity contribution in [2.45, 2.75) is 63.7 Å². The highest BCUT2D eigenvalue weighted by atomic mass is 16.5. The van der Waals surface area contributed by atoms with Crippen LogP contribution in [0.1, 0.15) is 46.0 Å². The number of ether oxygens (including phenoxy) is 2. The van der Waals surface area contributed by atoms with Crippen molar-refractivity contribution in [2.75, 3.05) is 33.3 Å². The number of carbonyl (C=O) groups excluding carboxylic acids is 1. The average molecular weight is 298 g/mol. The van der Waals surface area contributed by atoms with Gasteiger partial charge in [0.2, 0.25) is 0 Å². The molecule has 2 saturated heterocycles. The fourth-order valence-electron chi connectivity index (χ4n) is 3.57. The quantitative estimate of drug-likeness (QED) is 0.544. The molecule has 0 aromatic rings. The van der Waals surface area contributed by atoms with E-state index in [1.54, 1.807) is 0 Å². The maximum absolute atomic E-state index is 11.9. The number of methoxy groups -OCH3 is 1. The molecule has 0 radical (unpaired) electrons. The van der Waals surface area contributed by atoms with Crippen molar-refractivity contribution >= 4 is 5.97 Å². The number of morpholine rings is 1. The SMILES string of the molecule is CCNC(C)(CCCCN1CC2CCC(C1)O2)C(=O)OC. The summed E-state index contributed by atoms with van der Waals surface area (Å²) >= 11 is 0. The third-order valence-corrected chi connectivity index (χ3v) is 4.72. The summed E-state index contributed by atoms with van der Waals surface area (Å²) in [6.45, 7) is 8.01. The molecule has 2 rings (SSSR count). The topological polar surface area (TPSA) is 50.8 Å². The fourth-order valence-corrected chi connectivity index (χ4v) is 3.57. The summed E-state index contributed by atoms with van der Waals surface area (Å²) in [6, 6.07) is 0. The van der Waals surface area contributed by atoms with Gasteiger partial charge in [-0.2, -0.15) is 0 Å². The van der Waals surface area contributed by atoms with E-state index in [1.165, 1.54) is 20.0 Å². The highest BCUT2D eigenvalue weighted by Gasteiger charge is 2.34. The van der Waals surface area contributed by atoms with Gasteiger partial charge in [0.15, 0.2) is 0 Å². The Morgan fingerprint density at radius 3 is 2.57 bits per heavy atom. The van der Waals surface area contributed by atoms with E-state index in [4.69, 9.17) is 9.47 Å². The number of esters is 1. The van der Waals surface area contributed by atoms with Crippen molar-refractivity contribution < 1.29 is 14.3 Å². The average Bonchev–Trinajstić information content (AvgIpc) is 2.82. The molecule has 5 nitrogen and oxygen atoms in total. The van der Waals surface area contributed by atoms with Gasteiger partial charge in [-0.1, -0.05) is 6.92 Å². The van der Waals surface area contributed by atoms with Gasteiger partial charge in [0.1, 0.15) is 5.54 Å². The minimum absolute atomic E-state index is 0.159. The first-order valence-electron chi connectivity index (χ1n) is 8.28. The van der Waals surface area contributed by atoms with Gasteiger partial charge in [-0.05, 0) is 52.1 Å². The lowest BCUT2D eigenvalue weighted by atomic mass is 9.94. The van der Waals surface area contributed by atoms with Crippen LogP contribution in [0.3, 0.4) is 0 Å². The van der Waals surface area contributed by atoms with Crippen LogP contribution in [-0.2, 0) is 14.3 Å². The normalized spacial score (nSPS) is 28.3. The van der Waals surface area contributed by atoms with E-state index in [9.17, 15) is 4.79 Å². The van der Waals surface area contributed by atoms with E-state index in [1.807, 2.05) is 13.8 Å². The van der Waals surface area contributed by atoms with Crippen molar-refractivity contribution in [1.82, 2.24) is 10.2 Å². The predicted octanol–water partition coefficient (Wildman–Crippen LogP) is 1.56. The van der Waals surface area contributed by atoms with Crippen LogP contribution in [0.25, 0.3) is 0 Å². The Morgan fingerprint density at radius 2 is 2.00 bits per heavy atom. The summed E-state index contributed by atoms with van der Waals surface area (Å²) in [6.07, 6.45) is 6.36. The lowest BCUT2D eigenvalue weighted by molar-refractivity contribution is -0.148. The Balaban J connectivity index is 1.69. The monoisotopic (exact) mass is 298 g/mol. The van der Waals surface area contributed by atoms with Gasteiger partial charge in [0.25, 0.3) is 0 Å². The lowest BCUT2D eigenvalue weighted by Gasteiger charge is -2.32. The third kappa shape index (κ3) is 4.41. The first-order chi connectivity index (χ1) is 10.1. The number of hydrogen-bond donors (Lipinski definition) is 1. The number of fused-ring (bicyclic) bond motifs is 2. The third-order valence-electron chi connectivity index (χ3n) is 4.72. The van der Waals surface area contributed by atoms with Crippen molar-refractivity contribution in [3.05, 3.63) is 0 Å². The molecule has 2 heterocycles. The molecule has 0 aromatic carbocycles. The number of hydrogen-bond acceptors (Lipinski definition) is 5. The van der Waals surface area contributed by atoms with E-state index in [-0.39, 0.29) is 5.97 Å². The highest BCUT2D eigenvalue weighted by molar-refractivity contribution is 5.80. The standard InChI is InChI=1S/C16H30N2O3/c1-4-17-16(2,15(19)20-3)9-5-6-10-18-11-13-7-8-14(12-18)21-13/h13-14,17H,4-12H2,1-3H3. The van der Waals surface area contributed by atoms with Gasteiger partial charge in [-0.25, -0.2) is 0 Å². The summed E-state index contributed by atoms with van der Waals surface area (Å²) < 4.78 is 10.8. The molecule has 2 bridgehead atoms. The zero-order chi connectivity index (χ0) is 15.3. The molecule has 2 fully saturated rings. The smallest absolute Gasteiger partial charge is 0.325 e. The zero-order valence-electron chi connectivity index (χ0n) is 13.7. The largest absolute Gasteiger partial charge is 0.468 e. The summed E-state index contributed by atoms with van der Waals surface area (Å²) in [5, 5.41) is 3.26. The highest BCUT2D eigenvalue weighted by Crippen LogP contribution is 2.26. The Hall–Kier alpha value is -0.650. The Kier molecular flexibility index (Phi) is 6.02. The number of carbonyl (C=O) groups is 1. The summed E-state index contributed by atoms with van der Waals surface area (Å²) in [7, 11) is 1.46. The second-order valence-corrected chi connectivity index (χ2v) is 6.53. The molecule has 0 saturated carbocycles. The molecular formula is C16H30N2O3. The van der Waals surface area contributed by atoms with Crippen molar-refractivity contribution in [3.63, 3.8) is 0 Å². The number of rotatable bonds is 8. The van der Waals surface area contributed by atoms with Crippen LogP contribution in [0.2, 0.25) is 0 Å². The van der Waals surface area contributed by atoms with Gasteiger partial charge in [0, 0.05) is 13.1 Å². The number of nitrogens with zero attached hydrogens (tertiary/aromatic N) is 1. The van der Waals surface area contributed by atoms with Crippen LogP contribution < -0.4 is 5.32 Å². The van der Waals surface area contributed by atoms with E-state index in [0.29, 0.717) is 12.2 Å². The van der Waals surface area contributed by atoms with Crippen molar-refractivity contribution in [2.24, 2.45) is 0 Å². The molecule has 1 N–H and O–H groups in total. The Bertz CT molecular complexity index is 338. The van der Waals surface area contributed by atoms with Crippen LogP contribution >= 0.6 is 0 Å². The van der Waals surface area contributed by atoms with Crippen LogP contribution in [0.4, 0.5) is 0 Å². The second-order valence-electron chi connectivity index (χ2n) is 6.53. The zero-order valence-corrected chi connectivity index (χ0v) is 13.7. The van der Waals surface area contributed by atoms with Crippen LogP contribution in [0, 0.1) is 0 Å². The maximum Gasteiger partial charge on any atom is 0.325 e. The van der Waals surface area contributed by atoms with Gasteiger partial charge >= 0.3 is 5.97 Å². The molecule has 0 aromatic heterocycles. The number of likely N-dealkylation sites (tertiary alicyclic amines) is 1. The molecule has 0 spiro atoms. The fraction of sp³-hybridized carbons (Fsp3) is 0.938. The Labute approximate surface area is 128 Å². The van der Waals surface area contributed by atoms with Crippen molar-refractivity contribution in [1.29, 1.82) is 0 Å². The van der Waals surface area contributed by atoms with Gasteiger partial charge < -0.3 is 14.8 Å². The molecule has 2 aliphatic heterocycles. The maximum atomic E-state index is 11.9. The second kappa shape index (κ2) is 7.56. The van der Waals surface area contributed by atoms with Crippen molar-refractivity contribution in [3.8, 4) is 0 Å². The summed E-state index contributed by atoms with van der Waals surface area (Å²) in [5.41, 5.74) is -0.548. The number of unbranched alkanes of at least 4 members (excludes halogenated alkanes) is 1. The Morgan fingerprint density at radius 1 is 1.33 bits per heavy atom. The van der Waals surface area contributed by atoms with E-state index < -0.39 is 5.54 Å².